The first-order valence-corrected chi connectivity index (χ1v) is 9.57. The summed E-state index contributed by atoms with van der Waals surface area (Å²) in [5, 5.41) is 3.41. The van der Waals surface area contributed by atoms with Crippen molar-refractivity contribution in [2.75, 3.05) is 20.9 Å². The Morgan fingerprint density at radius 3 is 2.73 bits per heavy atom. The Balaban J connectivity index is 0.00000256. The fourth-order valence-corrected chi connectivity index (χ4v) is 3.36. The van der Waals surface area contributed by atoms with Crippen molar-refractivity contribution < 1.29 is 9.47 Å². The number of guanidine groups is 1. The zero-order chi connectivity index (χ0) is 20.1. The Morgan fingerprint density at radius 1 is 1.13 bits per heavy atom. The molecule has 2 heterocycles. The minimum absolute atomic E-state index is 0. The van der Waals surface area contributed by atoms with Crippen molar-refractivity contribution in [3.05, 3.63) is 77.9 Å². The topological polar surface area (TPSA) is 63.9 Å². The first kappa shape index (κ1) is 21.9. The van der Waals surface area contributed by atoms with Crippen LogP contribution in [0.25, 0.3) is 0 Å². The van der Waals surface area contributed by atoms with Gasteiger partial charge in [0.2, 0.25) is 6.79 Å². The smallest absolute Gasteiger partial charge is 0.231 e. The highest BCUT2D eigenvalue weighted by molar-refractivity contribution is 14.0. The largest absolute Gasteiger partial charge is 0.454 e. The van der Waals surface area contributed by atoms with E-state index < -0.39 is 0 Å². The Labute approximate surface area is 193 Å². The van der Waals surface area contributed by atoms with E-state index in [4.69, 9.17) is 9.47 Å². The van der Waals surface area contributed by atoms with Crippen molar-refractivity contribution in [3.63, 3.8) is 0 Å². The molecule has 0 radical (unpaired) electrons. The van der Waals surface area contributed by atoms with E-state index in [1.165, 1.54) is 5.56 Å². The maximum atomic E-state index is 5.47. The number of nitrogens with zero attached hydrogens (tertiary/aromatic N) is 4. The van der Waals surface area contributed by atoms with Gasteiger partial charge >= 0.3 is 0 Å². The second-order valence-corrected chi connectivity index (χ2v) is 6.90. The third-order valence-corrected chi connectivity index (χ3v) is 4.83. The van der Waals surface area contributed by atoms with Gasteiger partial charge in [-0.05, 0) is 23.3 Å². The highest BCUT2D eigenvalue weighted by Gasteiger charge is 2.15. The molecular weight excluding hydrogens is 493 g/mol. The minimum Gasteiger partial charge on any atom is -0.454 e. The predicted octanol–water partition coefficient (Wildman–Crippen LogP) is 3.49. The van der Waals surface area contributed by atoms with Crippen molar-refractivity contribution in [1.29, 1.82) is 0 Å². The summed E-state index contributed by atoms with van der Waals surface area (Å²) >= 11 is 0. The highest BCUT2D eigenvalue weighted by atomic mass is 127. The fourth-order valence-electron chi connectivity index (χ4n) is 3.36. The van der Waals surface area contributed by atoms with Crippen LogP contribution in [0.5, 0.6) is 11.5 Å². The quantitative estimate of drug-likeness (QED) is 0.307. The Hall–Kier alpha value is -2.75. The summed E-state index contributed by atoms with van der Waals surface area (Å²) in [6, 6.07) is 16.4. The Morgan fingerprint density at radius 2 is 1.93 bits per heavy atom. The van der Waals surface area contributed by atoms with Crippen molar-refractivity contribution in [2.45, 2.75) is 19.6 Å². The number of aliphatic imine (C=N–C) groups is 1. The minimum atomic E-state index is 0. The van der Waals surface area contributed by atoms with E-state index in [2.05, 4.69) is 49.0 Å². The number of fused-ring (bicyclic) bond motifs is 1. The van der Waals surface area contributed by atoms with Crippen molar-refractivity contribution >= 4 is 29.9 Å². The monoisotopic (exact) mass is 519 g/mol. The molecule has 0 saturated carbocycles. The van der Waals surface area contributed by atoms with Gasteiger partial charge in [-0.3, -0.25) is 4.99 Å². The molecule has 1 aliphatic rings. The molecule has 0 aliphatic carbocycles. The lowest BCUT2D eigenvalue weighted by atomic mass is 10.2. The molecule has 3 aromatic rings. The van der Waals surface area contributed by atoms with E-state index in [1.54, 1.807) is 7.05 Å². The fraction of sp³-hybridized carbons (Fsp3) is 0.273. The predicted molar refractivity (Wildman–Crippen MR) is 127 cm³/mol. The maximum Gasteiger partial charge on any atom is 0.231 e. The molecule has 0 atom stereocenters. The molecule has 1 N–H and O–H groups in total. The van der Waals surface area contributed by atoms with E-state index in [9.17, 15) is 0 Å². The molecule has 0 fully saturated rings. The molecule has 4 rings (SSSR count). The van der Waals surface area contributed by atoms with Gasteiger partial charge in [0.15, 0.2) is 17.5 Å². The standard InChI is InChI=1S/C22H25N5O2.HI/c1-23-22(26(2)14-18-8-9-19-20(12-18)29-16-28-19)25-13-21-24-10-11-27(21)15-17-6-4-3-5-7-17;/h3-12H,13-16H2,1-2H3,(H,23,25);1H. The number of halogens is 1. The van der Waals surface area contributed by atoms with Gasteiger partial charge in [0.25, 0.3) is 0 Å². The molecule has 0 bridgehead atoms. The average molecular weight is 519 g/mol. The van der Waals surface area contributed by atoms with Gasteiger partial charge in [-0.25, -0.2) is 4.98 Å². The van der Waals surface area contributed by atoms with E-state index in [0.717, 1.165) is 35.4 Å². The van der Waals surface area contributed by atoms with Gasteiger partial charge in [-0.1, -0.05) is 36.4 Å². The molecule has 30 heavy (non-hydrogen) atoms. The van der Waals surface area contributed by atoms with Crippen molar-refractivity contribution in [1.82, 2.24) is 19.8 Å². The van der Waals surface area contributed by atoms with Crippen LogP contribution in [-0.4, -0.2) is 41.3 Å². The van der Waals surface area contributed by atoms with Gasteiger partial charge in [-0.2, -0.15) is 0 Å². The molecule has 2 aromatic carbocycles. The van der Waals surface area contributed by atoms with Crippen LogP contribution in [0.1, 0.15) is 17.0 Å². The molecule has 0 unspecified atom stereocenters. The zero-order valence-electron chi connectivity index (χ0n) is 17.1. The zero-order valence-corrected chi connectivity index (χ0v) is 19.4. The van der Waals surface area contributed by atoms with Crippen LogP contribution < -0.4 is 14.8 Å². The van der Waals surface area contributed by atoms with Crippen LogP contribution in [0.3, 0.4) is 0 Å². The number of imidazole rings is 1. The molecule has 158 valence electrons. The van der Waals surface area contributed by atoms with Crippen LogP contribution in [0.15, 0.2) is 65.9 Å². The summed E-state index contributed by atoms with van der Waals surface area (Å²) < 4.78 is 13.0. The summed E-state index contributed by atoms with van der Waals surface area (Å²) in [7, 11) is 3.80. The van der Waals surface area contributed by atoms with Gasteiger partial charge in [0.1, 0.15) is 5.82 Å². The molecule has 1 aliphatic heterocycles. The lowest BCUT2D eigenvalue weighted by Gasteiger charge is -2.22. The molecule has 1 aromatic heterocycles. The normalized spacial score (nSPS) is 12.4. The van der Waals surface area contributed by atoms with Crippen LogP contribution in [0.2, 0.25) is 0 Å². The van der Waals surface area contributed by atoms with Gasteiger partial charge in [0.05, 0.1) is 6.54 Å². The first-order chi connectivity index (χ1) is 14.2. The van der Waals surface area contributed by atoms with Crippen LogP contribution in [-0.2, 0) is 19.6 Å². The number of benzene rings is 2. The van der Waals surface area contributed by atoms with E-state index in [0.29, 0.717) is 13.1 Å². The number of hydrogen-bond acceptors (Lipinski definition) is 4. The molecule has 7 nitrogen and oxygen atoms in total. The Kier molecular flexibility index (Phi) is 7.56. The second kappa shape index (κ2) is 10.3. The number of ether oxygens (including phenoxy) is 2. The van der Waals surface area contributed by atoms with E-state index in [-0.39, 0.29) is 30.8 Å². The maximum absolute atomic E-state index is 5.47. The third kappa shape index (κ3) is 5.24. The van der Waals surface area contributed by atoms with Gasteiger partial charge < -0.3 is 24.3 Å². The molecule has 0 amide bonds. The van der Waals surface area contributed by atoms with Gasteiger partial charge in [-0.15, -0.1) is 24.0 Å². The van der Waals surface area contributed by atoms with Crippen molar-refractivity contribution in [3.8, 4) is 11.5 Å². The van der Waals surface area contributed by atoms with Crippen LogP contribution in [0.4, 0.5) is 0 Å². The average Bonchev–Trinajstić information content (AvgIpc) is 3.38. The second-order valence-electron chi connectivity index (χ2n) is 6.90. The molecule has 8 heteroatoms. The molecular formula is C22H26IN5O2. The van der Waals surface area contributed by atoms with E-state index >= 15 is 0 Å². The third-order valence-electron chi connectivity index (χ3n) is 4.83. The number of hydrogen-bond donors (Lipinski definition) is 1. The number of aromatic nitrogens is 2. The Bertz CT molecular complexity index is 990. The summed E-state index contributed by atoms with van der Waals surface area (Å²) in [4.78, 5) is 11.0. The van der Waals surface area contributed by atoms with Crippen molar-refractivity contribution in [2.24, 2.45) is 4.99 Å². The van der Waals surface area contributed by atoms with Crippen LogP contribution >= 0.6 is 24.0 Å². The summed E-state index contributed by atoms with van der Waals surface area (Å²) in [6.45, 7) is 2.38. The number of nitrogens with one attached hydrogen (secondary N) is 1. The summed E-state index contributed by atoms with van der Waals surface area (Å²) in [6.07, 6.45) is 3.84. The van der Waals surface area contributed by atoms with Crippen LogP contribution in [0, 0.1) is 0 Å². The highest BCUT2D eigenvalue weighted by Crippen LogP contribution is 2.32. The summed E-state index contributed by atoms with van der Waals surface area (Å²) in [5.41, 5.74) is 2.38. The van der Waals surface area contributed by atoms with E-state index in [1.807, 2.05) is 43.7 Å². The lowest BCUT2D eigenvalue weighted by Crippen LogP contribution is -2.38. The molecule has 0 saturated heterocycles. The number of rotatable bonds is 6. The lowest BCUT2D eigenvalue weighted by molar-refractivity contribution is 0.174. The molecule has 0 spiro atoms. The summed E-state index contributed by atoms with van der Waals surface area (Å²) in [5.74, 6) is 3.36. The van der Waals surface area contributed by atoms with Gasteiger partial charge in [0, 0.05) is 39.6 Å². The first-order valence-electron chi connectivity index (χ1n) is 9.57. The SMILES string of the molecule is CN=C(NCc1nccn1Cc1ccccc1)N(C)Cc1ccc2c(c1)OCO2.I.